The Bertz CT molecular complexity index is 980. The van der Waals surface area contributed by atoms with Gasteiger partial charge in [0.1, 0.15) is 19.6 Å². The van der Waals surface area contributed by atoms with Crippen molar-refractivity contribution in [1.29, 1.82) is 0 Å². The van der Waals surface area contributed by atoms with E-state index in [-0.39, 0.29) is 23.0 Å². The van der Waals surface area contributed by atoms with Gasteiger partial charge < -0.3 is 10.5 Å². The van der Waals surface area contributed by atoms with Gasteiger partial charge in [0.2, 0.25) is 0 Å². The second-order valence-electron chi connectivity index (χ2n) is 7.48. The van der Waals surface area contributed by atoms with Crippen LogP contribution in [-0.4, -0.2) is 61.5 Å². The fourth-order valence-corrected chi connectivity index (χ4v) is 4.00. The van der Waals surface area contributed by atoms with Gasteiger partial charge in [-0.15, -0.1) is 0 Å². The van der Waals surface area contributed by atoms with Crippen LogP contribution in [0.1, 0.15) is 48.6 Å². The first-order valence-electron chi connectivity index (χ1n) is 9.84. The van der Waals surface area contributed by atoms with Crippen LogP contribution in [0, 0.1) is 0 Å². The molecule has 7 nitrogen and oxygen atoms in total. The average molecular weight is 394 g/mol. The molecular weight excluding hydrogens is 370 g/mol. The van der Waals surface area contributed by atoms with Crippen molar-refractivity contribution in [3.8, 4) is 0 Å². The van der Waals surface area contributed by atoms with Crippen molar-refractivity contribution in [3.05, 3.63) is 70.3 Å². The second-order valence-corrected chi connectivity index (χ2v) is 7.48. The molecule has 1 fully saturated rings. The lowest BCUT2D eigenvalue weighted by atomic mass is 9.83. The van der Waals surface area contributed by atoms with E-state index in [0.717, 1.165) is 13.0 Å². The van der Waals surface area contributed by atoms with Crippen LogP contribution in [-0.2, 0) is 4.74 Å². The fraction of sp³-hybridized carbons (Fsp3) is 0.318. The molecule has 0 unspecified atom stereocenters. The van der Waals surface area contributed by atoms with Crippen LogP contribution in [0.15, 0.2) is 42.5 Å². The Hall–Kier alpha value is -2.87. The first kappa shape index (κ1) is 19.4. The lowest BCUT2D eigenvalue weighted by Crippen LogP contribution is -2.65. The molecule has 0 aromatic heterocycles. The summed E-state index contributed by atoms with van der Waals surface area (Å²) in [4.78, 5) is 38.6. The molecular formula is C22H24N3O4+. The molecule has 1 heterocycles. The van der Waals surface area contributed by atoms with Gasteiger partial charge in [-0.3, -0.25) is 14.4 Å². The number of ketones is 2. The van der Waals surface area contributed by atoms with Gasteiger partial charge in [0.05, 0.1) is 13.2 Å². The number of rotatable bonds is 5. The van der Waals surface area contributed by atoms with Gasteiger partial charge in [0.15, 0.2) is 11.6 Å². The summed E-state index contributed by atoms with van der Waals surface area (Å²) in [5.74, 6) is -0.698. The van der Waals surface area contributed by atoms with Gasteiger partial charge in [-0.05, 0) is 24.7 Å². The van der Waals surface area contributed by atoms with E-state index in [2.05, 4.69) is 5.43 Å². The van der Waals surface area contributed by atoms with E-state index in [1.807, 2.05) is 0 Å². The second kappa shape index (κ2) is 7.87. The summed E-state index contributed by atoms with van der Waals surface area (Å²) < 4.78 is 5.85. The van der Waals surface area contributed by atoms with Crippen LogP contribution in [0.2, 0.25) is 0 Å². The van der Waals surface area contributed by atoms with Gasteiger partial charge in [-0.25, -0.2) is 4.59 Å². The molecule has 3 N–H and O–H groups in total. The van der Waals surface area contributed by atoms with Crippen molar-refractivity contribution < 1.29 is 23.7 Å². The van der Waals surface area contributed by atoms with Crippen LogP contribution in [0.5, 0.6) is 0 Å². The van der Waals surface area contributed by atoms with E-state index in [0.29, 0.717) is 59.7 Å². The Labute approximate surface area is 169 Å². The molecule has 150 valence electrons. The van der Waals surface area contributed by atoms with E-state index in [1.165, 1.54) is 6.07 Å². The van der Waals surface area contributed by atoms with Crippen molar-refractivity contribution in [2.24, 2.45) is 5.73 Å². The minimum absolute atomic E-state index is 0.193. The third-order valence-electron chi connectivity index (χ3n) is 5.64. The SMILES string of the molecule is NCCC[N+]1(NC(=O)c2ccc3c(c2)C(=O)c2ccccc2C3=O)CCOCC1. The summed E-state index contributed by atoms with van der Waals surface area (Å²) in [5.41, 5.74) is 10.5. The number of fused-ring (bicyclic) bond motifs is 2. The Morgan fingerprint density at radius 1 is 0.966 bits per heavy atom. The van der Waals surface area contributed by atoms with Crippen LogP contribution < -0.4 is 11.2 Å². The van der Waals surface area contributed by atoms with Gasteiger partial charge in [-0.1, -0.05) is 24.3 Å². The molecule has 0 spiro atoms. The van der Waals surface area contributed by atoms with Gasteiger partial charge in [0.25, 0.3) is 5.91 Å². The predicted octanol–water partition coefficient (Wildman–Crippen LogP) is 1.30. The van der Waals surface area contributed by atoms with E-state index in [1.54, 1.807) is 36.4 Å². The first-order chi connectivity index (χ1) is 14.0. The zero-order chi connectivity index (χ0) is 20.4. The Morgan fingerprint density at radius 3 is 2.24 bits per heavy atom. The Morgan fingerprint density at radius 2 is 1.59 bits per heavy atom. The zero-order valence-electron chi connectivity index (χ0n) is 16.1. The van der Waals surface area contributed by atoms with Crippen molar-refractivity contribution in [3.63, 3.8) is 0 Å². The largest absolute Gasteiger partial charge is 0.370 e. The van der Waals surface area contributed by atoms with Gasteiger partial charge >= 0.3 is 0 Å². The first-order valence-corrected chi connectivity index (χ1v) is 9.84. The van der Waals surface area contributed by atoms with Gasteiger partial charge in [0, 0.05) is 34.2 Å². The number of carbonyl (C=O) groups is 3. The molecule has 2 aliphatic rings. The number of benzene rings is 2. The molecule has 1 aliphatic carbocycles. The highest BCUT2D eigenvalue weighted by molar-refractivity contribution is 6.28. The third-order valence-corrected chi connectivity index (χ3v) is 5.64. The Kier molecular flexibility index (Phi) is 5.27. The molecule has 1 aliphatic heterocycles. The molecule has 7 heteroatoms. The summed E-state index contributed by atoms with van der Waals surface area (Å²) >= 11 is 0. The van der Waals surface area contributed by atoms with Crippen molar-refractivity contribution in [1.82, 2.24) is 5.43 Å². The van der Waals surface area contributed by atoms with Crippen molar-refractivity contribution in [2.75, 3.05) is 39.4 Å². The van der Waals surface area contributed by atoms with Crippen molar-refractivity contribution in [2.45, 2.75) is 6.42 Å². The monoisotopic (exact) mass is 394 g/mol. The van der Waals surface area contributed by atoms with E-state index >= 15 is 0 Å². The van der Waals surface area contributed by atoms with Crippen LogP contribution >= 0.6 is 0 Å². The number of carbonyl (C=O) groups excluding carboxylic acids is 3. The number of nitrogens with one attached hydrogen (secondary N) is 1. The molecule has 0 saturated carbocycles. The smallest absolute Gasteiger partial charge is 0.295 e. The van der Waals surface area contributed by atoms with Gasteiger partial charge in [-0.2, -0.15) is 5.43 Å². The topological polar surface area (TPSA) is 98.5 Å². The summed E-state index contributed by atoms with van der Waals surface area (Å²) in [7, 11) is 0. The quantitative estimate of drug-likeness (QED) is 0.636. The number of amides is 1. The maximum atomic E-state index is 13.0. The minimum atomic E-state index is -0.272. The summed E-state index contributed by atoms with van der Waals surface area (Å²) in [5, 5.41) is 0. The molecule has 4 rings (SSSR count). The molecule has 29 heavy (non-hydrogen) atoms. The number of ether oxygens (including phenoxy) is 1. The van der Waals surface area contributed by atoms with Crippen molar-refractivity contribution >= 4 is 17.5 Å². The number of hydrogen-bond acceptors (Lipinski definition) is 5. The summed E-state index contributed by atoms with van der Waals surface area (Å²) in [6, 6.07) is 11.5. The van der Waals surface area contributed by atoms with E-state index in [4.69, 9.17) is 10.5 Å². The van der Waals surface area contributed by atoms with Crippen LogP contribution in [0.25, 0.3) is 0 Å². The standard InChI is InChI=1S/C22H23N3O4/c23-8-3-9-25(10-12-29-13-11-25)24-22(28)15-6-7-18-19(14-15)21(27)17-5-2-1-4-16(17)20(18)26/h1-2,4-7,14H,3,8-13,23H2/p+1. The van der Waals surface area contributed by atoms with Crippen LogP contribution in [0.4, 0.5) is 0 Å². The molecule has 0 radical (unpaired) electrons. The predicted molar refractivity (Wildman–Crippen MR) is 107 cm³/mol. The number of morpholine rings is 1. The number of hydrogen-bond donors (Lipinski definition) is 2. The molecule has 2 aromatic rings. The maximum Gasteiger partial charge on any atom is 0.295 e. The molecule has 0 atom stereocenters. The minimum Gasteiger partial charge on any atom is -0.370 e. The number of nitrogens with zero attached hydrogens (tertiary/aromatic N) is 1. The molecule has 0 bridgehead atoms. The third kappa shape index (κ3) is 3.60. The Balaban J connectivity index is 1.62. The highest BCUT2D eigenvalue weighted by Gasteiger charge is 2.34. The van der Waals surface area contributed by atoms with E-state index < -0.39 is 0 Å². The van der Waals surface area contributed by atoms with Crippen LogP contribution in [0.3, 0.4) is 0 Å². The summed E-state index contributed by atoms with van der Waals surface area (Å²) in [6.07, 6.45) is 0.786. The normalized spacial score (nSPS) is 17.4. The maximum absolute atomic E-state index is 13.0. The highest BCUT2D eigenvalue weighted by Crippen LogP contribution is 2.28. The number of nitrogens with two attached hydrogens (primary N) is 1. The lowest BCUT2D eigenvalue weighted by Gasteiger charge is -2.40. The zero-order valence-corrected chi connectivity index (χ0v) is 16.1. The lowest BCUT2D eigenvalue weighted by molar-refractivity contribution is -0.967. The molecule has 2 aromatic carbocycles. The average Bonchev–Trinajstić information content (AvgIpc) is 2.76. The molecule has 1 amide bonds. The number of quaternary nitrogens is 1. The summed E-state index contributed by atoms with van der Waals surface area (Å²) in [6.45, 7) is 3.74. The fourth-order valence-electron chi connectivity index (χ4n) is 4.00. The molecule has 1 saturated heterocycles. The highest BCUT2D eigenvalue weighted by atomic mass is 16.5. The van der Waals surface area contributed by atoms with E-state index in [9.17, 15) is 14.4 Å².